The molecule has 0 radical (unpaired) electrons. The van der Waals surface area contributed by atoms with Crippen LogP contribution in [0.3, 0.4) is 0 Å². The fraction of sp³-hybridized carbons (Fsp3) is 0.556. The predicted octanol–water partition coefficient (Wildman–Crippen LogP) is 2.70. The molecule has 1 N–H and O–H groups in total. The number of pyridine rings is 1. The Kier molecular flexibility index (Phi) is 7.06. The number of hydrogen-bond donors (Lipinski definition) is 1. The van der Waals surface area contributed by atoms with Gasteiger partial charge in [0.2, 0.25) is 0 Å². The molecule has 1 fully saturated rings. The first kappa shape index (κ1) is 18.3. The number of hydrogen-bond acceptors (Lipinski definition) is 5. The molecule has 24 heavy (non-hydrogen) atoms. The molecular weight excluding hydrogens is 306 g/mol. The highest BCUT2D eigenvalue weighted by Gasteiger charge is 2.33. The van der Waals surface area contributed by atoms with Gasteiger partial charge in [0.1, 0.15) is 11.9 Å². The first-order valence-corrected chi connectivity index (χ1v) is 8.49. The van der Waals surface area contributed by atoms with Crippen LogP contribution in [0.5, 0.6) is 5.75 Å². The van der Waals surface area contributed by atoms with E-state index in [1.165, 1.54) is 0 Å². The van der Waals surface area contributed by atoms with Crippen LogP contribution < -0.4 is 10.1 Å². The summed E-state index contributed by atoms with van der Waals surface area (Å²) in [6.45, 7) is 5.69. The van der Waals surface area contributed by atoms with Crippen LogP contribution >= 0.6 is 0 Å². The second-order valence-corrected chi connectivity index (χ2v) is 6.04. The van der Waals surface area contributed by atoms with Gasteiger partial charge < -0.3 is 19.7 Å². The van der Waals surface area contributed by atoms with Crippen LogP contribution in [-0.4, -0.2) is 54.9 Å². The molecule has 0 saturated carbocycles. The smallest absolute Gasteiger partial charge is 0.410 e. The molecule has 1 atom stereocenters. The number of rotatable bonds is 8. The zero-order chi connectivity index (χ0) is 17.4. The fourth-order valence-electron chi connectivity index (χ4n) is 2.25. The SMILES string of the molecule is CCCOC(=O)N1CC(Oc2cncc(C=CC[C@H](C)NC)c2)C1. The number of carbonyl (C=O) groups is 1. The van der Waals surface area contributed by atoms with Crippen molar-refractivity contribution in [3.8, 4) is 5.75 Å². The number of ether oxygens (including phenoxy) is 2. The van der Waals surface area contributed by atoms with Crippen molar-refractivity contribution < 1.29 is 14.3 Å². The highest BCUT2D eigenvalue weighted by Crippen LogP contribution is 2.19. The van der Waals surface area contributed by atoms with Crippen LogP contribution in [0.4, 0.5) is 4.79 Å². The summed E-state index contributed by atoms with van der Waals surface area (Å²) in [7, 11) is 1.95. The lowest BCUT2D eigenvalue weighted by atomic mass is 10.1. The monoisotopic (exact) mass is 333 g/mol. The Hall–Kier alpha value is -2.08. The van der Waals surface area contributed by atoms with Gasteiger partial charge in [0, 0.05) is 12.2 Å². The number of amides is 1. The fourth-order valence-corrected chi connectivity index (χ4v) is 2.25. The van der Waals surface area contributed by atoms with E-state index in [0.717, 1.165) is 24.2 Å². The van der Waals surface area contributed by atoms with Crippen molar-refractivity contribution in [2.24, 2.45) is 0 Å². The molecule has 0 bridgehead atoms. The zero-order valence-electron chi connectivity index (χ0n) is 14.7. The molecule has 0 spiro atoms. The van der Waals surface area contributed by atoms with Crippen molar-refractivity contribution in [3.05, 3.63) is 30.1 Å². The van der Waals surface area contributed by atoms with Crippen LogP contribution in [0, 0.1) is 0 Å². The Morgan fingerprint density at radius 1 is 1.50 bits per heavy atom. The molecule has 1 aromatic heterocycles. The number of carbonyl (C=O) groups excluding carboxylic acids is 1. The van der Waals surface area contributed by atoms with Crippen molar-refractivity contribution in [3.63, 3.8) is 0 Å². The van der Waals surface area contributed by atoms with Gasteiger partial charge in [-0.25, -0.2) is 4.79 Å². The highest BCUT2D eigenvalue weighted by molar-refractivity contribution is 5.68. The molecule has 0 aromatic carbocycles. The van der Waals surface area contributed by atoms with Gasteiger partial charge in [0.05, 0.1) is 25.9 Å². The third kappa shape index (κ3) is 5.53. The normalized spacial score (nSPS) is 16.0. The van der Waals surface area contributed by atoms with Gasteiger partial charge in [0.25, 0.3) is 0 Å². The van der Waals surface area contributed by atoms with Crippen molar-refractivity contribution >= 4 is 12.2 Å². The Morgan fingerprint density at radius 3 is 3.00 bits per heavy atom. The second kappa shape index (κ2) is 9.27. The van der Waals surface area contributed by atoms with Crippen LogP contribution in [-0.2, 0) is 4.74 Å². The molecule has 0 aliphatic carbocycles. The third-order valence-corrected chi connectivity index (χ3v) is 3.87. The van der Waals surface area contributed by atoms with Gasteiger partial charge in [-0.3, -0.25) is 4.98 Å². The first-order chi connectivity index (χ1) is 11.6. The van der Waals surface area contributed by atoms with Gasteiger partial charge in [-0.1, -0.05) is 19.1 Å². The van der Waals surface area contributed by atoms with E-state index in [0.29, 0.717) is 25.7 Å². The van der Waals surface area contributed by atoms with E-state index < -0.39 is 0 Å². The number of likely N-dealkylation sites (tertiary alicyclic amines) is 1. The molecule has 6 nitrogen and oxygen atoms in total. The van der Waals surface area contributed by atoms with Gasteiger partial charge in [-0.2, -0.15) is 0 Å². The summed E-state index contributed by atoms with van der Waals surface area (Å²) in [4.78, 5) is 17.5. The molecular formula is C18H27N3O3. The van der Waals surface area contributed by atoms with Crippen molar-refractivity contribution in [2.45, 2.75) is 38.8 Å². The Bertz CT molecular complexity index is 556. The van der Waals surface area contributed by atoms with E-state index in [1.807, 2.05) is 32.3 Å². The molecule has 6 heteroatoms. The van der Waals surface area contributed by atoms with E-state index in [-0.39, 0.29) is 12.2 Å². The molecule has 1 saturated heterocycles. The maximum atomic E-state index is 11.7. The Morgan fingerprint density at radius 2 is 2.29 bits per heavy atom. The topological polar surface area (TPSA) is 63.7 Å². The van der Waals surface area contributed by atoms with E-state index >= 15 is 0 Å². The summed E-state index contributed by atoms with van der Waals surface area (Å²) < 4.78 is 11.0. The summed E-state index contributed by atoms with van der Waals surface area (Å²) in [5.41, 5.74) is 1.01. The van der Waals surface area contributed by atoms with Crippen molar-refractivity contribution in [1.29, 1.82) is 0 Å². The minimum Gasteiger partial charge on any atom is -0.485 e. The highest BCUT2D eigenvalue weighted by atomic mass is 16.6. The molecule has 1 aliphatic rings. The average molecular weight is 333 g/mol. The van der Waals surface area contributed by atoms with E-state index in [9.17, 15) is 4.79 Å². The van der Waals surface area contributed by atoms with Gasteiger partial charge in [-0.05, 0) is 38.4 Å². The van der Waals surface area contributed by atoms with Crippen LogP contribution in [0.25, 0.3) is 6.08 Å². The van der Waals surface area contributed by atoms with Gasteiger partial charge >= 0.3 is 6.09 Å². The lowest BCUT2D eigenvalue weighted by Crippen LogP contribution is -2.56. The third-order valence-electron chi connectivity index (χ3n) is 3.87. The number of nitrogens with zero attached hydrogens (tertiary/aromatic N) is 2. The molecule has 0 unspecified atom stereocenters. The van der Waals surface area contributed by atoms with Gasteiger partial charge in [-0.15, -0.1) is 0 Å². The van der Waals surface area contributed by atoms with E-state index in [1.54, 1.807) is 11.1 Å². The van der Waals surface area contributed by atoms with Crippen LogP contribution in [0.2, 0.25) is 0 Å². The van der Waals surface area contributed by atoms with Gasteiger partial charge in [0.15, 0.2) is 0 Å². The van der Waals surface area contributed by atoms with Crippen LogP contribution in [0.1, 0.15) is 32.3 Å². The predicted molar refractivity (Wildman–Crippen MR) is 94.0 cm³/mol. The van der Waals surface area contributed by atoms with E-state index in [2.05, 4.69) is 23.3 Å². The summed E-state index contributed by atoms with van der Waals surface area (Å²) in [6, 6.07) is 2.41. The van der Waals surface area contributed by atoms with Crippen molar-refractivity contribution in [2.75, 3.05) is 26.7 Å². The molecule has 132 valence electrons. The number of aromatic nitrogens is 1. The average Bonchev–Trinajstić information content (AvgIpc) is 2.55. The Balaban J connectivity index is 1.78. The summed E-state index contributed by atoms with van der Waals surface area (Å²) in [5, 5.41) is 3.20. The summed E-state index contributed by atoms with van der Waals surface area (Å²) in [5.74, 6) is 0.727. The minimum absolute atomic E-state index is 0.00418. The van der Waals surface area contributed by atoms with Crippen LogP contribution in [0.15, 0.2) is 24.5 Å². The standard InChI is InChI=1S/C18H27N3O3/c1-4-8-23-18(22)21-12-17(13-21)24-16-9-15(10-20-11-16)7-5-6-14(2)19-3/h5,7,9-11,14,17,19H,4,6,8,12-13H2,1-3H3/t14-/m0/s1. The molecule has 2 rings (SSSR count). The maximum absolute atomic E-state index is 11.7. The lowest BCUT2D eigenvalue weighted by Gasteiger charge is -2.37. The molecule has 1 aromatic rings. The molecule has 2 heterocycles. The van der Waals surface area contributed by atoms with E-state index in [4.69, 9.17) is 9.47 Å². The summed E-state index contributed by atoms with van der Waals surface area (Å²) in [6.07, 6.45) is 9.21. The minimum atomic E-state index is -0.259. The lowest BCUT2D eigenvalue weighted by molar-refractivity contribution is 0.0111. The summed E-state index contributed by atoms with van der Waals surface area (Å²) >= 11 is 0. The maximum Gasteiger partial charge on any atom is 0.410 e. The zero-order valence-corrected chi connectivity index (χ0v) is 14.7. The first-order valence-electron chi connectivity index (χ1n) is 8.49. The quantitative estimate of drug-likeness (QED) is 0.792. The Labute approximate surface area is 143 Å². The second-order valence-electron chi connectivity index (χ2n) is 6.04. The molecule has 1 amide bonds. The van der Waals surface area contributed by atoms with Crippen molar-refractivity contribution in [1.82, 2.24) is 15.2 Å². The molecule has 1 aliphatic heterocycles. The number of nitrogens with one attached hydrogen (secondary N) is 1. The largest absolute Gasteiger partial charge is 0.485 e.